The fraction of sp³-hybridized carbons (Fsp3) is 0.385. The quantitative estimate of drug-likeness (QED) is 0.736. The van der Waals surface area contributed by atoms with Crippen LogP contribution in [0, 0.1) is 0 Å². The van der Waals surface area contributed by atoms with Crippen molar-refractivity contribution in [2.45, 2.75) is 26.1 Å². The number of aliphatic hydroxyl groups excluding tert-OH is 1. The molecule has 0 aliphatic carbocycles. The van der Waals surface area contributed by atoms with Crippen LogP contribution in [-0.4, -0.2) is 30.3 Å². The minimum atomic E-state index is -0.943. The molecule has 1 rings (SSSR count). The predicted molar refractivity (Wildman–Crippen MR) is 71.4 cm³/mol. The van der Waals surface area contributed by atoms with Crippen LogP contribution in [0.4, 0.5) is 4.79 Å². The molecule has 0 spiro atoms. The summed E-state index contributed by atoms with van der Waals surface area (Å²) in [6.45, 7) is 3.10. The molecule has 1 aromatic carbocycles. The highest BCUT2D eigenvalue weighted by molar-refractivity contribution is 5.95. The molecule has 0 radical (unpaired) electrons. The summed E-state index contributed by atoms with van der Waals surface area (Å²) >= 11 is 0. The van der Waals surface area contributed by atoms with Gasteiger partial charge in [0.25, 0.3) is 5.91 Å². The van der Waals surface area contributed by atoms with E-state index in [0.29, 0.717) is 17.1 Å². The number of carbonyl (C=O) groups is 2. The second kappa shape index (κ2) is 6.76. The number of ether oxygens (including phenoxy) is 2. The average molecular weight is 282 g/mol. The predicted octanol–water partition coefficient (Wildman–Crippen LogP) is 0.711. The lowest BCUT2D eigenvalue weighted by molar-refractivity contribution is -0.126. The van der Waals surface area contributed by atoms with Gasteiger partial charge in [-0.25, -0.2) is 4.79 Å². The van der Waals surface area contributed by atoms with Crippen molar-refractivity contribution in [1.82, 2.24) is 5.32 Å². The zero-order chi connectivity index (χ0) is 15.3. The monoisotopic (exact) mass is 282 g/mol. The normalized spacial score (nSPS) is 13.2. The first-order valence-corrected chi connectivity index (χ1v) is 5.98. The molecular weight excluding hydrogens is 264 g/mol. The summed E-state index contributed by atoms with van der Waals surface area (Å²) in [5.41, 5.74) is 5.51. The van der Waals surface area contributed by atoms with Crippen molar-refractivity contribution in [3.8, 4) is 11.5 Å². The number of nitrogens with one attached hydrogen (secondary N) is 1. The number of rotatable bonds is 5. The van der Waals surface area contributed by atoms with Gasteiger partial charge in [-0.05, 0) is 31.5 Å². The number of aliphatic hydroxyl groups is 1. The van der Waals surface area contributed by atoms with Crippen LogP contribution in [0.25, 0.3) is 0 Å². The molecule has 0 bridgehead atoms. The molecule has 7 nitrogen and oxygen atoms in total. The molecule has 20 heavy (non-hydrogen) atoms. The number of hydrogen-bond acceptors (Lipinski definition) is 5. The van der Waals surface area contributed by atoms with Gasteiger partial charge >= 0.3 is 6.03 Å². The number of amides is 3. The smallest absolute Gasteiger partial charge is 0.318 e. The topological polar surface area (TPSA) is 111 Å². The molecule has 7 heteroatoms. The van der Waals surface area contributed by atoms with E-state index >= 15 is 0 Å². The first-order chi connectivity index (χ1) is 9.35. The molecule has 0 heterocycles. The summed E-state index contributed by atoms with van der Waals surface area (Å²) < 4.78 is 10.5. The Labute approximate surface area is 116 Å². The lowest BCUT2D eigenvalue weighted by atomic mass is 10.1. The van der Waals surface area contributed by atoms with Crippen LogP contribution in [0.3, 0.4) is 0 Å². The van der Waals surface area contributed by atoms with Crippen LogP contribution in [0.5, 0.6) is 11.5 Å². The van der Waals surface area contributed by atoms with Crippen molar-refractivity contribution >= 4 is 11.9 Å². The molecule has 0 aliphatic heterocycles. The van der Waals surface area contributed by atoms with Crippen molar-refractivity contribution in [3.63, 3.8) is 0 Å². The van der Waals surface area contributed by atoms with E-state index in [2.05, 4.69) is 0 Å². The summed E-state index contributed by atoms with van der Waals surface area (Å²) in [7, 11) is 1.45. The number of nitrogens with two attached hydrogens (primary N) is 1. The number of imide groups is 1. The van der Waals surface area contributed by atoms with Crippen molar-refractivity contribution in [1.29, 1.82) is 0 Å². The van der Waals surface area contributed by atoms with E-state index in [-0.39, 0.29) is 0 Å². The zero-order valence-corrected chi connectivity index (χ0v) is 11.5. The van der Waals surface area contributed by atoms with Crippen LogP contribution in [0.1, 0.15) is 25.5 Å². The third-order valence-corrected chi connectivity index (χ3v) is 2.59. The lowest BCUT2D eigenvalue weighted by Crippen LogP contribution is -2.42. The van der Waals surface area contributed by atoms with E-state index in [0.717, 1.165) is 0 Å². The Hall–Kier alpha value is -2.28. The Kier molecular flexibility index (Phi) is 5.33. The standard InChI is InChI=1S/C13H18N2O5/c1-7(16)9-4-5-10(11(6-9)19-3)20-8(2)12(17)15-13(14)18/h4-8,16H,1-3H3,(H3,14,15,17,18)/t7-,8?/m1/s1. The van der Waals surface area contributed by atoms with Crippen LogP contribution in [0.15, 0.2) is 18.2 Å². The maximum absolute atomic E-state index is 11.5. The van der Waals surface area contributed by atoms with E-state index < -0.39 is 24.1 Å². The highest BCUT2D eigenvalue weighted by Gasteiger charge is 2.18. The zero-order valence-electron chi connectivity index (χ0n) is 11.5. The van der Waals surface area contributed by atoms with Gasteiger partial charge in [0.2, 0.25) is 0 Å². The van der Waals surface area contributed by atoms with Gasteiger partial charge < -0.3 is 20.3 Å². The number of benzene rings is 1. The Balaban J connectivity index is 2.86. The van der Waals surface area contributed by atoms with Crippen molar-refractivity contribution in [3.05, 3.63) is 23.8 Å². The molecule has 2 atom stereocenters. The van der Waals surface area contributed by atoms with Gasteiger partial charge in [0.15, 0.2) is 17.6 Å². The van der Waals surface area contributed by atoms with Crippen molar-refractivity contribution in [2.24, 2.45) is 5.73 Å². The summed E-state index contributed by atoms with van der Waals surface area (Å²) in [4.78, 5) is 22.1. The average Bonchev–Trinajstić information content (AvgIpc) is 2.37. The minimum absolute atomic E-state index is 0.323. The van der Waals surface area contributed by atoms with Gasteiger partial charge in [-0.1, -0.05) is 6.07 Å². The largest absolute Gasteiger partial charge is 0.493 e. The summed E-state index contributed by atoms with van der Waals surface area (Å²) in [6, 6.07) is 3.90. The van der Waals surface area contributed by atoms with Crippen molar-refractivity contribution < 1.29 is 24.2 Å². The minimum Gasteiger partial charge on any atom is -0.493 e. The van der Waals surface area contributed by atoms with E-state index in [9.17, 15) is 14.7 Å². The summed E-state index contributed by atoms with van der Waals surface area (Å²) in [5.74, 6) is 0.0466. The van der Waals surface area contributed by atoms with Gasteiger partial charge in [0, 0.05) is 0 Å². The third kappa shape index (κ3) is 4.13. The molecule has 1 aromatic rings. The lowest BCUT2D eigenvalue weighted by Gasteiger charge is -2.17. The molecule has 0 saturated carbocycles. The second-order valence-corrected chi connectivity index (χ2v) is 4.20. The van der Waals surface area contributed by atoms with E-state index in [1.54, 1.807) is 25.1 Å². The van der Waals surface area contributed by atoms with Gasteiger partial charge in [0.05, 0.1) is 13.2 Å². The number of hydrogen-bond donors (Lipinski definition) is 3. The molecule has 3 amide bonds. The maximum atomic E-state index is 11.5. The molecule has 4 N–H and O–H groups in total. The molecule has 0 saturated heterocycles. The SMILES string of the molecule is COc1cc([C@@H](C)O)ccc1OC(C)C(=O)NC(N)=O. The number of methoxy groups -OCH3 is 1. The van der Waals surface area contributed by atoms with E-state index in [4.69, 9.17) is 15.2 Å². The van der Waals surface area contributed by atoms with E-state index in [1.807, 2.05) is 5.32 Å². The number of primary amides is 1. The van der Waals surface area contributed by atoms with E-state index in [1.165, 1.54) is 14.0 Å². The summed E-state index contributed by atoms with van der Waals surface area (Å²) in [6.07, 6.45) is -1.57. The molecule has 0 aliphatic rings. The Morgan fingerprint density at radius 2 is 1.95 bits per heavy atom. The highest BCUT2D eigenvalue weighted by Crippen LogP contribution is 2.30. The molecular formula is C13H18N2O5. The maximum Gasteiger partial charge on any atom is 0.318 e. The molecule has 0 aromatic heterocycles. The first kappa shape index (κ1) is 15.8. The van der Waals surface area contributed by atoms with Gasteiger partial charge in [-0.2, -0.15) is 0 Å². The number of carbonyl (C=O) groups excluding carboxylic acids is 2. The Morgan fingerprint density at radius 1 is 1.30 bits per heavy atom. The first-order valence-electron chi connectivity index (χ1n) is 5.98. The van der Waals surface area contributed by atoms with Gasteiger partial charge in [-0.3, -0.25) is 10.1 Å². The van der Waals surface area contributed by atoms with Crippen LogP contribution in [-0.2, 0) is 4.79 Å². The Bertz CT molecular complexity index is 502. The molecule has 110 valence electrons. The van der Waals surface area contributed by atoms with Gasteiger partial charge in [0.1, 0.15) is 0 Å². The van der Waals surface area contributed by atoms with Crippen molar-refractivity contribution in [2.75, 3.05) is 7.11 Å². The van der Waals surface area contributed by atoms with Crippen LogP contribution < -0.4 is 20.5 Å². The second-order valence-electron chi connectivity index (χ2n) is 4.20. The fourth-order valence-corrected chi connectivity index (χ4v) is 1.51. The van der Waals surface area contributed by atoms with Gasteiger partial charge in [-0.15, -0.1) is 0 Å². The number of urea groups is 1. The Morgan fingerprint density at radius 3 is 2.45 bits per heavy atom. The molecule has 0 fully saturated rings. The fourth-order valence-electron chi connectivity index (χ4n) is 1.51. The molecule has 1 unspecified atom stereocenters. The van der Waals surface area contributed by atoms with Crippen LogP contribution >= 0.6 is 0 Å². The van der Waals surface area contributed by atoms with Crippen LogP contribution in [0.2, 0.25) is 0 Å². The summed E-state index contributed by atoms with van der Waals surface area (Å²) in [5, 5.41) is 11.4. The highest BCUT2D eigenvalue weighted by atomic mass is 16.5. The third-order valence-electron chi connectivity index (χ3n) is 2.59.